The summed E-state index contributed by atoms with van der Waals surface area (Å²) in [4.78, 5) is 5.41. The Morgan fingerprint density at radius 3 is 2.62 bits per heavy atom. The fraction of sp³-hybridized carbons (Fsp3) is 0.562. The summed E-state index contributed by atoms with van der Waals surface area (Å²) < 4.78 is 5.79. The Kier molecular flexibility index (Phi) is 5.96. The number of thiocarbonyl (C=S) groups is 1. The highest BCUT2D eigenvalue weighted by Gasteiger charge is 2.21. The molecule has 1 atom stereocenters. The summed E-state index contributed by atoms with van der Waals surface area (Å²) in [5, 5.41) is 0. The topological polar surface area (TPSA) is 41.7 Å². The lowest BCUT2D eigenvalue weighted by Gasteiger charge is -2.39. The third-order valence-corrected chi connectivity index (χ3v) is 4.31. The van der Waals surface area contributed by atoms with Crippen molar-refractivity contribution in [3.05, 3.63) is 29.8 Å². The molecule has 1 aliphatic rings. The molecule has 21 heavy (non-hydrogen) atoms. The van der Waals surface area contributed by atoms with E-state index in [1.807, 2.05) is 24.3 Å². The fourth-order valence-electron chi connectivity index (χ4n) is 2.75. The van der Waals surface area contributed by atoms with Crippen LogP contribution in [0.5, 0.6) is 5.75 Å². The minimum absolute atomic E-state index is 0.421. The highest BCUT2D eigenvalue weighted by Crippen LogP contribution is 2.13. The Morgan fingerprint density at radius 2 is 2.05 bits per heavy atom. The maximum absolute atomic E-state index is 5.79. The van der Waals surface area contributed by atoms with Gasteiger partial charge in [0.05, 0.1) is 0 Å². The number of nitrogens with zero attached hydrogens (tertiary/aromatic N) is 2. The first-order chi connectivity index (χ1) is 10.1. The largest absolute Gasteiger partial charge is 0.492 e. The maximum atomic E-state index is 5.79. The van der Waals surface area contributed by atoms with E-state index in [-0.39, 0.29) is 0 Å². The average molecular weight is 307 g/mol. The van der Waals surface area contributed by atoms with Gasteiger partial charge in [-0.05, 0) is 37.7 Å². The molecule has 1 heterocycles. The van der Waals surface area contributed by atoms with Gasteiger partial charge in [0.15, 0.2) is 0 Å². The SMILES string of the molecule is CCN1CCN(CCOc2ccc(C(N)=S)cc2)CC1C. The number of likely N-dealkylation sites (N-methyl/N-ethyl adjacent to an activating group) is 1. The van der Waals surface area contributed by atoms with Gasteiger partial charge < -0.3 is 10.5 Å². The molecule has 0 aliphatic carbocycles. The van der Waals surface area contributed by atoms with Crippen molar-refractivity contribution >= 4 is 17.2 Å². The van der Waals surface area contributed by atoms with Gasteiger partial charge in [-0.25, -0.2) is 0 Å². The number of nitrogens with two attached hydrogens (primary N) is 1. The molecule has 2 N–H and O–H groups in total. The molecule has 1 unspecified atom stereocenters. The van der Waals surface area contributed by atoms with Gasteiger partial charge >= 0.3 is 0 Å². The van der Waals surface area contributed by atoms with Gasteiger partial charge in [0.2, 0.25) is 0 Å². The second-order valence-electron chi connectivity index (χ2n) is 5.52. The molecular formula is C16H25N3OS. The number of benzene rings is 1. The minimum atomic E-state index is 0.421. The van der Waals surface area contributed by atoms with Gasteiger partial charge in [0, 0.05) is 37.8 Å². The molecule has 1 aromatic rings. The molecule has 0 bridgehead atoms. The van der Waals surface area contributed by atoms with Gasteiger partial charge in [-0.1, -0.05) is 19.1 Å². The van der Waals surface area contributed by atoms with Crippen LogP contribution in [-0.2, 0) is 0 Å². The molecule has 0 amide bonds. The lowest BCUT2D eigenvalue weighted by molar-refractivity contribution is 0.0781. The number of hydrogen-bond acceptors (Lipinski definition) is 4. The first kappa shape index (κ1) is 16.2. The van der Waals surface area contributed by atoms with Crippen molar-refractivity contribution < 1.29 is 4.74 Å². The van der Waals surface area contributed by atoms with Crippen molar-refractivity contribution in [3.63, 3.8) is 0 Å². The van der Waals surface area contributed by atoms with Crippen LogP contribution in [0.3, 0.4) is 0 Å². The molecule has 0 radical (unpaired) electrons. The number of rotatable bonds is 6. The molecule has 5 heteroatoms. The van der Waals surface area contributed by atoms with Crippen LogP contribution in [0, 0.1) is 0 Å². The molecule has 116 valence electrons. The van der Waals surface area contributed by atoms with Crippen LogP contribution >= 0.6 is 12.2 Å². The van der Waals surface area contributed by atoms with Crippen molar-refractivity contribution in [2.75, 3.05) is 39.3 Å². The Hall–Kier alpha value is -1.17. The van der Waals surface area contributed by atoms with Gasteiger partial charge in [-0.3, -0.25) is 9.80 Å². The molecule has 0 saturated carbocycles. The van der Waals surface area contributed by atoms with Gasteiger partial charge in [0.1, 0.15) is 17.3 Å². The summed E-state index contributed by atoms with van der Waals surface area (Å²) in [7, 11) is 0. The van der Waals surface area contributed by atoms with Crippen LogP contribution in [-0.4, -0.2) is 60.2 Å². The standard InChI is InChI=1S/C16H25N3OS/c1-3-19-9-8-18(12-13(19)2)10-11-20-15-6-4-14(5-7-15)16(17)21/h4-7,13H,3,8-12H2,1-2H3,(H2,17,21). The van der Waals surface area contributed by atoms with Crippen molar-refractivity contribution in [1.29, 1.82) is 0 Å². The predicted octanol–water partition coefficient (Wildman–Crippen LogP) is 1.73. The van der Waals surface area contributed by atoms with E-state index in [4.69, 9.17) is 22.7 Å². The Morgan fingerprint density at radius 1 is 1.33 bits per heavy atom. The van der Waals surface area contributed by atoms with E-state index in [1.54, 1.807) is 0 Å². The predicted molar refractivity (Wildman–Crippen MR) is 91.0 cm³/mol. The fourth-order valence-corrected chi connectivity index (χ4v) is 2.89. The van der Waals surface area contributed by atoms with Crippen molar-refractivity contribution in [1.82, 2.24) is 9.80 Å². The average Bonchev–Trinajstić information content (AvgIpc) is 2.48. The number of ether oxygens (including phenoxy) is 1. The van der Waals surface area contributed by atoms with E-state index in [1.165, 1.54) is 0 Å². The van der Waals surface area contributed by atoms with Crippen LogP contribution in [0.25, 0.3) is 0 Å². The van der Waals surface area contributed by atoms with E-state index in [2.05, 4.69) is 23.6 Å². The smallest absolute Gasteiger partial charge is 0.119 e. The molecule has 0 spiro atoms. The van der Waals surface area contributed by atoms with Crippen LogP contribution in [0.2, 0.25) is 0 Å². The lowest BCUT2D eigenvalue weighted by atomic mass is 10.2. The lowest BCUT2D eigenvalue weighted by Crippen LogP contribution is -2.52. The highest BCUT2D eigenvalue weighted by molar-refractivity contribution is 7.80. The second kappa shape index (κ2) is 7.73. The molecule has 0 aromatic heterocycles. The quantitative estimate of drug-likeness (QED) is 0.811. The molecule has 1 saturated heterocycles. The van der Waals surface area contributed by atoms with Crippen LogP contribution < -0.4 is 10.5 Å². The van der Waals surface area contributed by atoms with Gasteiger partial charge in [-0.2, -0.15) is 0 Å². The zero-order valence-corrected chi connectivity index (χ0v) is 13.7. The third-order valence-electron chi connectivity index (χ3n) is 4.07. The van der Waals surface area contributed by atoms with E-state index < -0.39 is 0 Å². The third kappa shape index (κ3) is 4.66. The Balaban J connectivity index is 1.73. The summed E-state index contributed by atoms with van der Waals surface area (Å²) in [6.45, 7) is 10.8. The second-order valence-corrected chi connectivity index (χ2v) is 5.96. The molecule has 4 nitrogen and oxygen atoms in total. The number of hydrogen-bond donors (Lipinski definition) is 1. The zero-order valence-electron chi connectivity index (χ0n) is 12.9. The highest BCUT2D eigenvalue weighted by atomic mass is 32.1. The molecule has 1 aromatic carbocycles. The normalized spacial score (nSPS) is 20.4. The van der Waals surface area contributed by atoms with E-state index in [0.717, 1.165) is 44.0 Å². The minimum Gasteiger partial charge on any atom is -0.492 e. The van der Waals surface area contributed by atoms with Gasteiger partial charge in [0.25, 0.3) is 0 Å². The Bertz CT molecular complexity index is 463. The van der Waals surface area contributed by atoms with Crippen LogP contribution in [0.15, 0.2) is 24.3 Å². The van der Waals surface area contributed by atoms with E-state index in [9.17, 15) is 0 Å². The van der Waals surface area contributed by atoms with Gasteiger partial charge in [-0.15, -0.1) is 0 Å². The summed E-state index contributed by atoms with van der Waals surface area (Å²) in [5.41, 5.74) is 6.45. The summed E-state index contributed by atoms with van der Waals surface area (Å²) in [5.74, 6) is 0.871. The number of piperazine rings is 1. The molecule has 1 fully saturated rings. The first-order valence-electron chi connectivity index (χ1n) is 7.59. The van der Waals surface area contributed by atoms with Crippen LogP contribution in [0.4, 0.5) is 0 Å². The molecule has 2 rings (SSSR count). The Labute approximate surface area is 132 Å². The van der Waals surface area contributed by atoms with E-state index >= 15 is 0 Å². The summed E-state index contributed by atoms with van der Waals surface area (Å²) in [6.07, 6.45) is 0. The van der Waals surface area contributed by atoms with Crippen molar-refractivity contribution in [3.8, 4) is 5.75 Å². The van der Waals surface area contributed by atoms with Crippen LogP contribution in [0.1, 0.15) is 19.4 Å². The molecule has 1 aliphatic heterocycles. The molecular weight excluding hydrogens is 282 g/mol. The maximum Gasteiger partial charge on any atom is 0.119 e. The van der Waals surface area contributed by atoms with E-state index in [0.29, 0.717) is 17.6 Å². The summed E-state index contributed by atoms with van der Waals surface area (Å²) in [6, 6.07) is 8.28. The van der Waals surface area contributed by atoms with Crippen molar-refractivity contribution in [2.24, 2.45) is 5.73 Å². The zero-order chi connectivity index (χ0) is 15.2. The van der Waals surface area contributed by atoms with Crippen molar-refractivity contribution in [2.45, 2.75) is 19.9 Å². The first-order valence-corrected chi connectivity index (χ1v) is 8.00. The summed E-state index contributed by atoms with van der Waals surface area (Å²) >= 11 is 4.93. The monoisotopic (exact) mass is 307 g/mol.